The van der Waals surface area contributed by atoms with E-state index in [2.05, 4.69) is 0 Å². The maximum atomic E-state index is 12.1. The molecule has 0 fully saturated rings. The molecule has 0 saturated carbocycles. The molecule has 0 aliphatic heterocycles. The van der Waals surface area contributed by atoms with E-state index in [9.17, 15) is 17.6 Å². The maximum Gasteiger partial charge on any atom is 0.416 e. The van der Waals surface area contributed by atoms with Crippen LogP contribution in [0.5, 0.6) is 0 Å². The molecule has 0 amide bonds. The van der Waals surface area contributed by atoms with Gasteiger partial charge in [0.05, 0.1) is 5.56 Å². The third-order valence-corrected chi connectivity index (χ3v) is 1.17. The largest absolute Gasteiger partial charge is 0.416 e. The number of hydrogen-bond acceptors (Lipinski definition) is 0. The van der Waals surface area contributed by atoms with Gasteiger partial charge in [0.1, 0.15) is 5.82 Å². The zero-order chi connectivity index (χ0) is 8.48. The average Bonchev–Trinajstić information content (AvgIpc) is 1.86. The van der Waals surface area contributed by atoms with Crippen molar-refractivity contribution in [2.45, 2.75) is 6.18 Å². The topological polar surface area (TPSA) is 0 Å². The first-order valence-corrected chi connectivity index (χ1v) is 2.83. The minimum absolute atomic E-state index is 0. The molecule has 0 N–H and O–H groups in total. The number of benzene rings is 1. The summed E-state index contributed by atoms with van der Waals surface area (Å²) in [4.78, 5) is 0. The van der Waals surface area contributed by atoms with Crippen molar-refractivity contribution >= 4 is 0 Å². The molecule has 1 aromatic carbocycles. The molecule has 5 heteroatoms. The zero-order valence-electron chi connectivity index (χ0n) is 6.03. The van der Waals surface area contributed by atoms with Crippen LogP contribution >= 0.6 is 0 Å². The molecule has 0 radical (unpaired) electrons. The zero-order valence-corrected chi connectivity index (χ0v) is 6.03. The van der Waals surface area contributed by atoms with Gasteiger partial charge in [0.25, 0.3) is 0 Å². The average molecular weight is 168 g/mol. The molecule has 0 aliphatic rings. The molecular weight excluding hydrogens is 164 g/mol. The summed E-state index contributed by atoms with van der Waals surface area (Å²) in [7, 11) is 0. The second kappa shape index (κ2) is 3.50. The Morgan fingerprint density at radius 1 is 0.917 bits per heavy atom. The molecule has 62 valence electrons. The van der Waals surface area contributed by atoms with Crippen molar-refractivity contribution in [3.05, 3.63) is 35.6 Å². The van der Waals surface area contributed by atoms with Gasteiger partial charge in [0, 0.05) is 6.15 Å². The SMILES string of the molecule is Fc1ccc(C(F)(F)F)cc1.[He]. The number of rotatable bonds is 0. The first-order chi connectivity index (χ1) is 5.00. The van der Waals surface area contributed by atoms with E-state index in [1.807, 2.05) is 0 Å². The smallest absolute Gasteiger partial charge is 0.207 e. The first-order valence-electron chi connectivity index (χ1n) is 2.83. The van der Waals surface area contributed by atoms with Crippen LogP contribution in [0.25, 0.3) is 0 Å². The summed E-state index contributed by atoms with van der Waals surface area (Å²) < 4.78 is 47.5. The number of halogens is 4. The first kappa shape index (κ1) is 10.8. The van der Waals surface area contributed by atoms with Crippen LogP contribution in [-0.4, -0.2) is 0 Å². The molecule has 1 aromatic rings. The summed E-state index contributed by atoms with van der Waals surface area (Å²) in [6, 6.07) is 2.97. The van der Waals surface area contributed by atoms with Gasteiger partial charge in [-0.1, -0.05) is 0 Å². The van der Waals surface area contributed by atoms with Gasteiger partial charge in [-0.05, 0) is 24.3 Å². The van der Waals surface area contributed by atoms with Gasteiger partial charge < -0.3 is 0 Å². The fourth-order valence-electron chi connectivity index (χ4n) is 0.639. The van der Waals surface area contributed by atoms with Crippen molar-refractivity contribution in [3.63, 3.8) is 0 Å². The van der Waals surface area contributed by atoms with E-state index in [-0.39, 0.29) is 6.15 Å². The van der Waals surface area contributed by atoms with Crippen LogP contribution < -0.4 is 0 Å². The molecule has 0 heterocycles. The molecule has 0 bridgehead atoms. The van der Waals surface area contributed by atoms with Crippen molar-refractivity contribution in [1.82, 2.24) is 0 Å². The fraction of sp³-hybridized carbons (Fsp3) is 0.143. The predicted molar refractivity (Wildman–Crippen MR) is 31.4 cm³/mol. The minimum atomic E-state index is -4.38. The quantitative estimate of drug-likeness (QED) is 0.522. The van der Waals surface area contributed by atoms with Crippen LogP contribution in [0.1, 0.15) is 5.56 Å². The van der Waals surface area contributed by atoms with Gasteiger partial charge in [0.2, 0.25) is 0 Å². The number of alkyl halides is 3. The summed E-state index contributed by atoms with van der Waals surface area (Å²) in [5.41, 5.74) is -0.834. The van der Waals surface area contributed by atoms with Gasteiger partial charge in [-0.3, -0.25) is 0 Å². The normalized spacial score (nSPS) is 10.7. The van der Waals surface area contributed by atoms with E-state index >= 15 is 0 Å². The Morgan fingerprint density at radius 3 is 1.67 bits per heavy atom. The third-order valence-electron chi connectivity index (χ3n) is 1.17. The summed E-state index contributed by atoms with van der Waals surface area (Å²) >= 11 is 0. The van der Waals surface area contributed by atoms with Gasteiger partial charge >= 0.3 is 6.18 Å². The van der Waals surface area contributed by atoms with Crippen molar-refractivity contribution in [1.29, 1.82) is 0 Å². The molecule has 0 aromatic heterocycles. The molecule has 0 nitrogen and oxygen atoms in total. The van der Waals surface area contributed by atoms with Crippen molar-refractivity contribution < 1.29 is 23.7 Å². The van der Waals surface area contributed by atoms with E-state index in [1.165, 1.54) is 0 Å². The van der Waals surface area contributed by atoms with Crippen molar-refractivity contribution in [2.24, 2.45) is 0 Å². The van der Waals surface area contributed by atoms with Crippen LogP contribution in [0, 0.1) is 12.0 Å². The fourth-order valence-corrected chi connectivity index (χ4v) is 0.639. The second-order valence-electron chi connectivity index (χ2n) is 2.00. The number of hydrogen-bond donors (Lipinski definition) is 0. The summed E-state index contributed by atoms with van der Waals surface area (Å²) in [5, 5.41) is 0. The molecule has 0 saturated heterocycles. The minimum Gasteiger partial charge on any atom is -0.207 e. The van der Waals surface area contributed by atoms with Gasteiger partial charge in [-0.15, -0.1) is 0 Å². The van der Waals surface area contributed by atoms with Crippen LogP contribution in [0.2, 0.25) is 0 Å². The molecule has 1 rings (SSSR count). The van der Waals surface area contributed by atoms with Crippen LogP contribution in [0.3, 0.4) is 0 Å². The van der Waals surface area contributed by atoms with E-state index in [0.29, 0.717) is 12.1 Å². The Labute approximate surface area is 66.6 Å². The molecular formula is C7H4F4He. The van der Waals surface area contributed by atoms with E-state index in [4.69, 9.17) is 0 Å². The summed E-state index contributed by atoms with van der Waals surface area (Å²) in [6.45, 7) is 0. The molecule has 0 aliphatic carbocycles. The monoisotopic (exact) mass is 168 g/mol. The van der Waals surface area contributed by atoms with Crippen LogP contribution in [0.4, 0.5) is 17.6 Å². The van der Waals surface area contributed by atoms with Gasteiger partial charge in [0.15, 0.2) is 0 Å². The van der Waals surface area contributed by atoms with Gasteiger partial charge in [-0.2, -0.15) is 13.2 Å². The standard InChI is InChI=1S/C7H4F4.He/c8-6-3-1-5(2-4-6)7(9,10)11;/h1-4H;. The van der Waals surface area contributed by atoms with Crippen LogP contribution in [-0.2, 0) is 6.18 Å². The Morgan fingerprint density at radius 2 is 1.33 bits per heavy atom. The third kappa shape index (κ3) is 2.47. The molecule has 12 heavy (non-hydrogen) atoms. The molecule has 0 atom stereocenters. The second-order valence-corrected chi connectivity index (χ2v) is 2.00. The Balaban J connectivity index is 0.00000121. The Bertz CT molecular complexity index is 239. The molecule has 0 unspecified atom stereocenters. The van der Waals surface area contributed by atoms with E-state index in [1.54, 1.807) is 0 Å². The Kier molecular flexibility index (Phi) is 3.16. The summed E-state index contributed by atoms with van der Waals surface area (Å²) in [5.74, 6) is -0.669. The maximum absolute atomic E-state index is 12.1. The van der Waals surface area contributed by atoms with Gasteiger partial charge in [-0.25, -0.2) is 4.39 Å². The van der Waals surface area contributed by atoms with Crippen molar-refractivity contribution in [3.8, 4) is 0 Å². The van der Waals surface area contributed by atoms with E-state index < -0.39 is 17.6 Å². The van der Waals surface area contributed by atoms with Crippen LogP contribution in [0.15, 0.2) is 24.3 Å². The predicted octanol–water partition coefficient (Wildman–Crippen LogP) is 2.84. The van der Waals surface area contributed by atoms with E-state index in [0.717, 1.165) is 12.1 Å². The molecule has 0 spiro atoms. The Hall–Kier alpha value is -1.15. The summed E-state index contributed by atoms with van der Waals surface area (Å²) in [6.07, 6.45) is -4.38. The van der Waals surface area contributed by atoms with Crippen molar-refractivity contribution in [2.75, 3.05) is 0 Å².